The van der Waals surface area contributed by atoms with Crippen molar-refractivity contribution in [2.75, 3.05) is 37.8 Å². The van der Waals surface area contributed by atoms with Gasteiger partial charge in [0.05, 0.1) is 23.6 Å². The Bertz CT molecular complexity index is 566. The smallest absolute Gasteiger partial charge is 0.411 e. The zero-order chi connectivity index (χ0) is 15.2. The predicted octanol–water partition coefficient (Wildman–Crippen LogP) is 2.88. The summed E-state index contributed by atoms with van der Waals surface area (Å²) in [6, 6.07) is 4.86. The molecule has 1 aliphatic heterocycles. The van der Waals surface area contributed by atoms with Crippen molar-refractivity contribution < 1.29 is 14.1 Å². The summed E-state index contributed by atoms with van der Waals surface area (Å²) in [6.45, 7) is 1.94. The van der Waals surface area contributed by atoms with Crippen LogP contribution in [0.25, 0.3) is 0 Å². The number of hydrogen-bond acceptors (Lipinski definition) is 4. The summed E-state index contributed by atoms with van der Waals surface area (Å²) in [5.41, 5.74) is 0.550. The number of hydrogen-bond donors (Lipinski definition) is 2. The number of carbonyl (C=O) groups is 1. The van der Waals surface area contributed by atoms with Crippen molar-refractivity contribution in [3.8, 4) is 0 Å². The predicted molar refractivity (Wildman–Crippen MR) is 88.0 cm³/mol. The topological polar surface area (TPSA) is 53.4 Å². The van der Waals surface area contributed by atoms with Crippen LogP contribution < -0.4 is 10.6 Å². The van der Waals surface area contributed by atoms with Gasteiger partial charge in [-0.05, 0) is 30.0 Å². The van der Waals surface area contributed by atoms with Gasteiger partial charge < -0.3 is 4.74 Å². The Hall–Kier alpha value is -1.11. The molecule has 0 bridgehead atoms. The Morgan fingerprint density at radius 2 is 2.24 bits per heavy atom. The van der Waals surface area contributed by atoms with E-state index in [1.165, 1.54) is 0 Å². The van der Waals surface area contributed by atoms with Crippen molar-refractivity contribution in [1.29, 1.82) is 0 Å². The first kappa shape index (κ1) is 16.3. The molecule has 1 heterocycles. The third kappa shape index (κ3) is 4.69. The van der Waals surface area contributed by atoms with E-state index in [0.29, 0.717) is 28.9 Å². The molecule has 114 valence electrons. The van der Waals surface area contributed by atoms with E-state index in [1.807, 2.05) is 7.05 Å². The maximum absolute atomic E-state index is 11.7. The molecule has 8 heteroatoms. The number of nitrogens with zero attached hydrogens (tertiary/aromatic N) is 1. The van der Waals surface area contributed by atoms with Gasteiger partial charge in [0.15, 0.2) is 0 Å². The summed E-state index contributed by atoms with van der Waals surface area (Å²) in [6.07, 6.45) is -0.508. The van der Waals surface area contributed by atoms with Gasteiger partial charge in [-0.1, -0.05) is 23.2 Å². The van der Waals surface area contributed by atoms with Gasteiger partial charge in [-0.2, -0.15) is 0 Å². The molecule has 0 atom stereocenters. The molecule has 0 saturated carbocycles. The highest BCUT2D eigenvalue weighted by Gasteiger charge is 2.19. The average molecular weight is 349 g/mol. The van der Waals surface area contributed by atoms with E-state index < -0.39 is 6.09 Å². The molecule has 0 spiro atoms. The summed E-state index contributed by atoms with van der Waals surface area (Å²) >= 11 is 13.4. The van der Waals surface area contributed by atoms with Gasteiger partial charge in [-0.15, -0.1) is 0 Å². The van der Waals surface area contributed by atoms with Gasteiger partial charge in [-0.25, -0.2) is 4.79 Å². The number of thioether (sulfide) groups is 1. The van der Waals surface area contributed by atoms with E-state index in [2.05, 4.69) is 15.2 Å². The maximum Gasteiger partial charge on any atom is 0.411 e. The second kappa shape index (κ2) is 7.77. The zero-order valence-corrected chi connectivity index (χ0v) is 13.8. The molecule has 0 aromatic heterocycles. The first-order chi connectivity index (χ1) is 10.1. The van der Waals surface area contributed by atoms with Crippen LogP contribution in [0.1, 0.15) is 0 Å². The van der Waals surface area contributed by atoms with Crippen LogP contribution in [-0.4, -0.2) is 48.3 Å². The van der Waals surface area contributed by atoms with Crippen molar-refractivity contribution in [1.82, 2.24) is 5.32 Å². The first-order valence-electron chi connectivity index (χ1n) is 6.41. The Morgan fingerprint density at radius 1 is 1.43 bits per heavy atom. The van der Waals surface area contributed by atoms with Crippen LogP contribution in [0.3, 0.4) is 0 Å². The fraction of sp³-hybridized carbons (Fsp3) is 0.385. The van der Waals surface area contributed by atoms with Gasteiger partial charge in [0.2, 0.25) is 0 Å². The van der Waals surface area contributed by atoms with E-state index in [-0.39, 0.29) is 0 Å². The largest absolute Gasteiger partial charge is 0.445 e. The molecule has 0 radical (unpaired) electrons. The van der Waals surface area contributed by atoms with E-state index in [4.69, 9.17) is 27.9 Å². The number of amides is 1. The number of amidine groups is 1. The summed E-state index contributed by atoms with van der Waals surface area (Å²) in [7, 11) is 1.89. The molecule has 1 aromatic rings. The lowest BCUT2D eigenvalue weighted by atomic mass is 10.3. The van der Waals surface area contributed by atoms with Crippen LogP contribution in [-0.2, 0) is 4.74 Å². The van der Waals surface area contributed by atoms with Crippen molar-refractivity contribution in [3.63, 3.8) is 0 Å². The van der Waals surface area contributed by atoms with Gasteiger partial charge in [0, 0.05) is 11.4 Å². The first-order valence-corrected chi connectivity index (χ1v) is 8.15. The maximum atomic E-state index is 11.7. The lowest BCUT2D eigenvalue weighted by molar-refractivity contribution is -0.521. The SMILES string of the molecule is CNC1=[N+](CCOC(=O)Nc2ccc(Cl)c(Cl)c2)CCS1. The fourth-order valence-electron chi connectivity index (χ4n) is 1.87. The Balaban J connectivity index is 1.78. The number of anilines is 1. The lowest BCUT2D eigenvalue weighted by Gasteiger charge is -2.08. The second-order valence-electron chi connectivity index (χ2n) is 4.28. The van der Waals surface area contributed by atoms with Gasteiger partial charge in [0.25, 0.3) is 0 Å². The van der Waals surface area contributed by atoms with Crippen LogP contribution in [0.15, 0.2) is 18.2 Å². The molecule has 2 rings (SSSR count). The molecule has 0 aliphatic carbocycles. The van der Waals surface area contributed by atoms with Crippen LogP contribution in [0.2, 0.25) is 10.0 Å². The summed E-state index contributed by atoms with van der Waals surface area (Å²) in [5, 5.41) is 7.68. The number of nitrogens with one attached hydrogen (secondary N) is 2. The number of benzene rings is 1. The normalized spacial score (nSPS) is 14.2. The van der Waals surface area contributed by atoms with Crippen LogP contribution in [0.4, 0.5) is 10.5 Å². The zero-order valence-electron chi connectivity index (χ0n) is 11.5. The third-order valence-electron chi connectivity index (χ3n) is 2.86. The van der Waals surface area contributed by atoms with Crippen LogP contribution >= 0.6 is 35.0 Å². The quantitative estimate of drug-likeness (QED) is 0.821. The van der Waals surface area contributed by atoms with Crippen molar-refractivity contribution in [2.45, 2.75) is 0 Å². The number of halogens is 2. The molecule has 5 nitrogen and oxygen atoms in total. The molecule has 1 amide bonds. The minimum Gasteiger partial charge on any atom is -0.445 e. The Kier molecular flexibility index (Phi) is 6.02. The highest BCUT2D eigenvalue weighted by Crippen LogP contribution is 2.25. The monoisotopic (exact) mass is 348 g/mol. The van der Waals surface area contributed by atoms with Crippen LogP contribution in [0.5, 0.6) is 0 Å². The molecule has 0 fully saturated rings. The van der Waals surface area contributed by atoms with Crippen molar-refractivity contribution in [2.24, 2.45) is 0 Å². The second-order valence-corrected chi connectivity index (χ2v) is 6.18. The van der Waals surface area contributed by atoms with E-state index >= 15 is 0 Å². The molecule has 1 aliphatic rings. The van der Waals surface area contributed by atoms with E-state index in [0.717, 1.165) is 17.5 Å². The van der Waals surface area contributed by atoms with Crippen molar-refractivity contribution >= 4 is 51.9 Å². The highest BCUT2D eigenvalue weighted by atomic mass is 35.5. The molecule has 0 saturated heterocycles. The average Bonchev–Trinajstić information content (AvgIpc) is 2.90. The van der Waals surface area contributed by atoms with Gasteiger partial charge >= 0.3 is 11.3 Å². The highest BCUT2D eigenvalue weighted by molar-refractivity contribution is 8.13. The number of ether oxygens (including phenoxy) is 1. The molecular formula is C13H16Cl2N3O2S+. The molecule has 0 unspecified atom stereocenters. The van der Waals surface area contributed by atoms with E-state index in [1.54, 1.807) is 30.0 Å². The minimum absolute atomic E-state index is 0.318. The van der Waals surface area contributed by atoms with E-state index in [9.17, 15) is 4.79 Å². The third-order valence-corrected chi connectivity index (χ3v) is 4.72. The Labute approximate surface area is 137 Å². The summed E-state index contributed by atoms with van der Waals surface area (Å²) < 4.78 is 7.30. The molecular weight excluding hydrogens is 333 g/mol. The Morgan fingerprint density at radius 3 is 2.95 bits per heavy atom. The lowest BCUT2D eigenvalue weighted by Crippen LogP contribution is -2.28. The van der Waals surface area contributed by atoms with Gasteiger partial charge in [-0.3, -0.25) is 15.2 Å². The molecule has 1 aromatic carbocycles. The number of rotatable bonds is 4. The molecule has 21 heavy (non-hydrogen) atoms. The minimum atomic E-state index is -0.508. The molecule has 2 N–H and O–H groups in total. The standard InChI is InChI=1S/C13H15Cl2N3O2S/c1-16-12-18(5-7-21-12)4-6-20-13(19)17-9-2-3-10(14)11(15)8-9/h2-3,8H,4-7H2,1H3,(H,17,19)/p+1. The fourth-order valence-corrected chi connectivity index (χ4v) is 3.18. The number of carbonyl (C=O) groups excluding carboxylic acids is 1. The van der Waals surface area contributed by atoms with Crippen LogP contribution in [0, 0.1) is 0 Å². The van der Waals surface area contributed by atoms with Crippen molar-refractivity contribution in [3.05, 3.63) is 28.2 Å². The van der Waals surface area contributed by atoms with Gasteiger partial charge in [0.1, 0.15) is 13.2 Å². The summed E-state index contributed by atoms with van der Waals surface area (Å²) in [4.78, 5) is 11.7. The summed E-state index contributed by atoms with van der Waals surface area (Å²) in [5.74, 6) is 1.05.